The largest absolute Gasteiger partial charge is 0.472 e. The fourth-order valence-corrected chi connectivity index (χ4v) is 11.3. The quantitative estimate of drug-likeness (QED) is 0.0222. The van der Waals surface area contributed by atoms with E-state index in [1.165, 1.54) is 109 Å². The van der Waals surface area contributed by atoms with Crippen LogP contribution in [0.15, 0.2) is 0 Å². The number of rotatable bonds is 63. The van der Waals surface area contributed by atoms with Gasteiger partial charge in [-0.05, 0) is 49.4 Å². The number of aliphatic hydroxyl groups is 1. The summed E-state index contributed by atoms with van der Waals surface area (Å²) in [6.45, 7) is 14.0. The Morgan fingerprint density at radius 2 is 0.565 bits per heavy atom. The van der Waals surface area contributed by atoms with Crippen LogP contribution in [0.5, 0.6) is 0 Å². The molecule has 0 heterocycles. The average Bonchev–Trinajstić information content (AvgIpc) is 3.62. The molecule has 0 aliphatic rings. The Kier molecular flexibility index (Phi) is 54.8. The number of phosphoric acid groups is 2. The van der Waals surface area contributed by atoms with Crippen molar-refractivity contribution in [2.24, 2.45) is 23.7 Å². The van der Waals surface area contributed by atoms with Gasteiger partial charge >= 0.3 is 39.5 Å². The molecule has 19 heteroatoms. The van der Waals surface area contributed by atoms with Gasteiger partial charge in [0.15, 0.2) is 12.2 Å². The van der Waals surface area contributed by atoms with Gasteiger partial charge in [0, 0.05) is 25.7 Å². The van der Waals surface area contributed by atoms with Crippen LogP contribution in [0.25, 0.3) is 0 Å². The van der Waals surface area contributed by atoms with E-state index in [1.807, 2.05) is 0 Å². The van der Waals surface area contributed by atoms with Crippen molar-refractivity contribution >= 4 is 39.5 Å². The van der Waals surface area contributed by atoms with E-state index in [1.54, 1.807) is 0 Å². The number of carbonyl (C=O) groups is 4. The number of unbranched alkanes of at least 4 members (excludes halogenated alkanes) is 28. The van der Waals surface area contributed by atoms with E-state index in [9.17, 15) is 43.2 Å². The summed E-state index contributed by atoms with van der Waals surface area (Å²) < 4.78 is 68.1. The zero-order chi connectivity index (χ0) is 63.2. The summed E-state index contributed by atoms with van der Waals surface area (Å²) in [5.74, 6) is 0.768. The van der Waals surface area contributed by atoms with Gasteiger partial charge in [-0.2, -0.15) is 0 Å². The van der Waals surface area contributed by atoms with Crippen LogP contribution < -0.4 is 0 Å². The molecule has 3 N–H and O–H groups in total. The number of carbonyl (C=O) groups excluding carboxylic acids is 4. The normalized spacial score (nSPS) is 14.7. The Morgan fingerprint density at radius 3 is 0.835 bits per heavy atom. The minimum Gasteiger partial charge on any atom is -0.462 e. The third-order valence-electron chi connectivity index (χ3n) is 15.4. The van der Waals surface area contributed by atoms with E-state index in [4.69, 9.17) is 37.0 Å². The molecule has 4 unspecified atom stereocenters. The van der Waals surface area contributed by atoms with E-state index in [0.717, 1.165) is 115 Å². The highest BCUT2D eigenvalue weighted by molar-refractivity contribution is 7.47. The molecule has 17 nitrogen and oxygen atoms in total. The molecule has 504 valence electrons. The van der Waals surface area contributed by atoms with E-state index < -0.39 is 97.5 Å². The molecule has 85 heavy (non-hydrogen) atoms. The zero-order valence-corrected chi connectivity index (χ0v) is 57.0. The molecule has 6 atom stereocenters. The fourth-order valence-electron chi connectivity index (χ4n) is 9.75. The monoisotopic (exact) mass is 1250 g/mol. The fraction of sp³-hybridized carbons (Fsp3) is 0.939. The van der Waals surface area contributed by atoms with Crippen LogP contribution in [-0.4, -0.2) is 96.7 Å². The first-order valence-corrected chi connectivity index (χ1v) is 37.2. The lowest BCUT2D eigenvalue weighted by Gasteiger charge is -2.21. The molecule has 0 saturated heterocycles. The van der Waals surface area contributed by atoms with Gasteiger partial charge in [-0.15, -0.1) is 0 Å². The molecule has 0 aromatic carbocycles. The minimum atomic E-state index is -4.95. The summed E-state index contributed by atoms with van der Waals surface area (Å²) >= 11 is 0. The summed E-state index contributed by atoms with van der Waals surface area (Å²) in [6, 6.07) is 0. The van der Waals surface area contributed by atoms with Gasteiger partial charge in [-0.25, -0.2) is 9.13 Å². The maximum atomic E-state index is 13.0. The van der Waals surface area contributed by atoms with Crippen LogP contribution in [-0.2, 0) is 65.4 Å². The standard InChI is InChI=1S/C66H128O17P2/c1-9-59(8)45-37-29-24-25-33-41-49-66(71)83-62(53-77-64(69)47-39-31-23-17-20-28-36-44-58(6)7)55-81-85(74,75)79-51-60(67)50-78-84(72,73)80-54-61(52-76-63(68)46-38-30-22-16-19-27-35-43-57(4)5)82-65(70)48-40-32-21-15-13-11-10-12-14-18-26-34-42-56(2)3/h56-62,67H,9-55H2,1-8H3,(H,72,73)(H,74,75)/t59?,60?,61-,62-/m1/s1. The van der Waals surface area contributed by atoms with Crippen molar-refractivity contribution < 1.29 is 80.2 Å². The first-order chi connectivity index (χ1) is 40.6. The average molecular weight is 1260 g/mol. The number of hydrogen-bond acceptors (Lipinski definition) is 15. The number of hydrogen-bond donors (Lipinski definition) is 3. The Labute approximate surface area is 517 Å². The summed E-state index contributed by atoms with van der Waals surface area (Å²) in [6.07, 6.45) is 36.4. The Hall–Kier alpha value is -1.94. The van der Waals surface area contributed by atoms with Gasteiger partial charge in [0.25, 0.3) is 0 Å². The van der Waals surface area contributed by atoms with Crippen molar-refractivity contribution in [1.29, 1.82) is 0 Å². The highest BCUT2D eigenvalue weighted by Gasteiger charge is 2.30. The lowest BCUT2D eigenvalue weighted by atomic mass is 10.00. The van der Waals surface area contributed by atoms with Gasteiger partial charge in [0.05, 0.1) is 26.4 Å². The van der Waals surface area contributed by atoms with E-state index in [2.05, 4.69) is 55.4 Å². The van der Waals surface area contributed by atoms with Gasteiger partial charge in [0.1, 0.15) is 19.3 Å². The van der Waals surface area contributed by atoms with Crippen molar-refractivity contribution in [3.8, 4) is 0 Å². The van der Waals surface area contributed by atoms with Crippen LogP contribution in [0, 0.1) is 23.7 Å². The second kappa shape index (κ2) is 56.1. The third-order valence-corrected chi connectivity index (χ3v) is 17.3. The van der Waals surface area contributed by atoms with Crippen LogP contribution in [0.3, 0.4) is 0 Å². The molecule has 0 aliphatic carbocycles. The van der Waals surface area contributed by atoms with E-state index in [0.29, 0.717) is 37.5 Å². The van der Waals surface area contributed by atoms with Crippen molar-refractivity contribution in [1.82, 2.24) is 0 Å². The van der Waals surface area contributed by atoms with Crippen molar-refractivity contribution in [2.75, 3.05) is 39.6 Å². The zero-order valence-electron chi connectivity index (χ0n) is 55.2. The summed E-state index contributed by atoms with van der Waals surface area (Å²) in [5.41, 5.74) is 0. The first-order valence-electron chi connectivity index (χ1n) is 34.2. The second-order valence-electron chi connectivity index (χ2n) is 25.5. The highest BCUT2D eigenvalue weighted by Crippen LogP contribution is 2.45. The Balaban J connectivity index is 5.24. The van der Waals surface area contributed by atoms with Gasteiger partial charge in [-0.3, -0.25) is 37.3 Å². The van der Waals surface area contributed by atoms with E-state index in [-0.39, 0.29) is 25.7 Å². The maximum absolute atomic E-state index is 13.0. The molecule has 0 fully saturated rings. The lowest BCUT2D eigenvalue weighted by Crippen LogP contribution is -2.30. The Bertz CT molecular complexity index is 1700. The molecule has 0 aliphatic heterocycles. The predicted molar refractivity (Wildman–Crippen MR) is 340 cm³/mol. The smallest absolute Gasteiger partial charge is 0.462 e. The van der Waals surface area contributed by atoms with Crippen molar-refractivity contribution in [3.05, 3.63) is 0 Å². The van der Waals surface area contributed by atoms with Crippen LogP contribution in [0.4, 0.5) is 0 Å². The molecule has 0 rings (SSSR count). The summed E-state index contributed by atoms with van der Waals surface area (Å²) in [4.78, 5) is 72.3. The molecule has 0 aromatic rings. The number of ether oxygens (including phenoxy) is 4. The second-order valence-corrected chi connectivity index (χ2v) is 28.4. The summed E-state index contributed by atoms with van der Waals surface area (Å²) in [7, 11) is -9.89. The van der Waals surface area contributed by atoms with E-state index >= 15 is 0 Å². The first kappa shape index (κ1) is 83.1. The topological polar surface area (TPSA) is 237 Å². The summed E-state index contributed by atoms with van der Waals surface area (Å²) in [5, 5.41) is 10.5. The molecular formula is C66H128O17P2. The SMILES string of the molecule is CCC(C)CCCCCCCCC(=O)O[C@H](COC(=O)CCCCCCCCCC(C)C)COP(=O)(O)OCC(O)COP(=O)(O)OC[C@@H](COC(=O)CCCCCCCCCC(C)C)OC(=O)CCCCCCCCCCCCCCC(C)C. The van der Waals surface area contributed by atoms with Crippen LogP contribution in [0.1, 0.15) is 319 Å². The molecule has 0 spiro atoms. The number of phosphoric ester groups is 2. The van der Waals surface area contributed by atoms with Crippen molar-refractivity contribution in [2.45, 2.75) is 337 Å². The molecule has 0 bridgehead atoms. The van der Waals surface area contributed by atoms with Gasteiger partial charge in [0.2, 0.25) is 0 Å². The van der Waals surface area contributed by atoms with Gasteiger partial charge in [-0.1, -0.05) is 267 Å². The van der Waals surface area contributed by atoms with Gasteiger partial charge < -0.3 is 33.8 Å². The van der Waals surface area contributed by atoms with Crippen molar-refractivity contribution in [3.63, 3.8) is 0 Å². The molecular weight excluding hydrogens is 1130 g/mol. The Morgan fingerprint density at radius 1 is 0.329 bits per heavy atom. The number of esters is 4. The molecule has 0 radical (unpaired) electrons. The molecule has 0 aromatic heterocycles. The molecule has 0 saturated carbocycles. The minimum absolute atomic E-state index is 0.101. The maximum Gasteiger partial charge on any atom is 0.472 e. The predicted octanol–water partition coefficient (Wildman–Crippen LogP) is 18.1. The third kappa shape index (κ3) is 59.5. The number of aliphatic hydroxyl groups excluding tert-OH is 1. The molecule has 0 amide bonds. The van der Waals surface area contributed by atoms with Crippen LogP contribution >= 0.6 is 15.6 Å². The van der Waals surface area contributed by atoms with Crippen LogP contribution in [0.2, 0.25) is 0 Å². The lowest BCUT2D eigenvalue weighted by molar-refractivity contribution is -0.161. The highest BCUT2D eigenvalue weighted by atomic mass is 31.2.